The molecule has 0 unspecified atom stereocenters. The predicted octanol–water partition coefficient (Wildman–Crippen LogP) is 4.66. The SMILES string of the molecule is CC(=O)CCN1CCC(=C2c3ccccc3CCc3ccccc32)CC1. The van der Waals surface area contributed by atoms with Gasteiger partial charge in [0.2, 0.25) is 0 Å². The zero-order valence-corrected chi connectivity index (χ0v) is 15.6. The highest BCUT2D eigenvalue weighted by Crippen LogP contribution is 2.38. The highest BCUT2D eigenvalue weighted by Gasteiger charge is 2.23. The van der Waals surface area contributed by atoms with Crippen LogP contribution in [0.1, 0.15) is 48.4 Å². The van der Waals surface area contributed by atoms with Crippen molar-refractivity contribution in [3.63, 3.8) is 0 Å². The van der Waals surface area contributed by atoms with Gasteiger partial charge in [-0.05, 0) is 60.4 Å². The largest absolute Gasteiger partial charge is 0.302 e. The molecule has 1 fully saturated rings. The molecule has 1 saturated heterocycles. The Balaban J connectivity index is 1.69. The Morgan fingerprint density at radius 3 is 1.92 bits per heavy atom. The summed E-state index contributed by atoms with van der Waals surface area (Å²) in [5.74, 6) is 0.292. The molecule has 2 aromatic rings. The summed E-state index contributed by atoms with van der Waals surface area (Å²) in [4.78, 5) is 13.7. The normalized spacial score (nSPS) is 17.4. The number of likely N-dealkylation sites (tertiary alicyclic amines) is 1. The van der Waals surface area contributed by atoms with Crippen LogP contribution >= 0.6 is 0 Å². The Morgan fingerprint density at radius 2 is 1.38 bits per heavy atom. The minimum atomic E-state index is 0.292. The fraction of sp³-hybridized carbons (Fsp3) is 0.375. The quantitative estimate of drug-likeness (QED) is 0.806. The first-order valence-electron chi connectivity index (χ1n) is 9.83. The number of nitrogens with zero attached hydrogens (tertiary/aromatic N) is 1. The van der Waals surface area contributed by atoms with E-state index in [-0.39, 0.29) is 0 Å². The van der Waals surface area contributed by atoms with Gasteiger partial charge in [0.05, 0.1) is 0 Å². The van der Waals surface area contributed by atoms with Gasteiger partial charge >= 0.3 is 0 Å². The van der Waals surface area contributed by atoms with E-state index >= 15 is 0 Å². The fourth-order valence-corrected chi connectivity index (χ4v) is 4.37. The van der Waals surface area contributed by atoms with Crippen LogP contribution in [0, 0.1) is 0 Å². The summed E-state index contributed by atoms with van der Waals surface area (Å²) in [7, 11) is 0. The number of Topliss-reactive ketones (excluding diaryl/α,β-unsaturated/α-hetero) is 1. The maximum Gasteiger partial charge on any atom is 0.131 e. The third kappa shape index (κ3) is 3.52. The number of carbonyl (C=O) groups excluding carboxylic acids is 1. The second-order valence-electron chi connectivity index (χ2n) is 7.59. The summed E-state index contributed by atoms with van der Waals surface area (Å²) in [6, 6.07) is 17.9. The van der Waals surface area contributed by atoms with Crippen molar-refractivity contribution in [1.82, 2.24) is 4.90 Å². The summed E-state index contributed by atoms with van der Waals surface area (Å²) in [5.41, 5.74) is 8.90. The van der Waals surface area contributed by atoms with Crippen molar-refractivity contribution < 1.29 is 4.79 Å². The standard InChI is InChI=1S/C24H27NO/c1-18(26)12-15-25-16-13-21(14-17-25)24-22-8-4-2-6-19(22)10-11-20-7-3-5-9-23(20)24/h2-9H,10-17H2,1H3. The van der Waals surface area contributed by atoms with E-state index < -0.39 is 0 Å². The minimum Gasteiger partial charge on any atom is -0.302 e. The van der Waals surface area contributed by atoms with Gasteiger partial charge in [-0.1, -0.05) is 54.1 Å². The zero-order valence-electron chi connectivity index (χ0n) is 15.6. The lowest BCUT2D eigenvalue weighted by Crippen LogP contribution is -2.32. The monoisotopic (exact) mass is 345 g/mol. The smallest absolute Gasteiger partial charge is 0.131 e. The van der Waals surface area contributed by atoms with Gasteiger partial charge in [-0.2, -0.15) is 0 Å². The number of aryl methyl sites for hydroxylation is 2. The van der Waals surface area contributed by atoms with Gasteiger partial charge in [-0.25, -0.2) is 0 Å². The van der Waals surface area contributed by atoms with Crippen LogP contribution in [0.3, 0.4) is 0 Å². The summed E-state index contributed by atoms with van der Waals surface area (Å²) in [6.45, 7) is 4.73. The average Bonchev–Trinajstić information content (AvgIpc) is 2.84. The Kier molecular flexibility index (Phi) is 5.03. The van der Waals surface area contributed by atoms with Crippen molar-refractivity contribution in [2.45, 2.75) is 39.0 Å². The molecule has 0 amide bonds. The number of hydrogen-bond acceptors (Lipinski definition) is 2. The third-order valence-corrected chi connectivity index (χ3v) is 5.83. The zero-order chi connectivity index (χ0) is 17.9. The number of benzene rings is 2. The first-order chi connectivity index (χ1) is 12.7. The fourth-order valence-electron chi connectivity index (χ4n) is 4.37. The van der Waals surface area contributed by atoms with Crippen molar-refractivity contribution in [1.29, 1.82) is 0 Å². The van der Waals surface area contributed by atoms with E-state index in [2.05, 4.69) is 53.4 Å². The summed E-state index contributed by atoms with van der Waals surface area (Å²) < 4.78 is 0. The molecule has 2 nitrogen and oxygen atoms in total. The van der Waals surface area contributed by atoms with Crippen LogP contribution in [0.25, 0.3) is 5.57 Å². The van der Waals surface area contributed by atoms with E-state index in [4.69, 9.17) is 0 Å². The number of ketones is 1. The van der Waals surface area contributed by atoms with Crippen molar-refractivity contribution in [2.24, 2.45) is 0 Å². The molecule has 0 bridgehead atoms. The third-order valence-electron chi connectivity index (χ3n) is 5.83. The molecular formula is C24H27NO. The molecule has 0 radical (unpaired) electrons. The van der Waals surface area contributed by atoms with Crippen molar-refractivity contribution in [2.75, 3.05) is 19.6 Å². The van der Waals surface area contributed by atoms with Crippen LogP contribution in [0.2, 0.25) is 0 Å². The van der Waals surface area contributed by atoms with Gasteiger partial charge in [-0.3, -0.25) is 4.79 Å². The van der Waals surface area contributed by atoms with Gasteiger partial charge in [-0.15, -0.1) is 0 Å². The maximum absolute atomic E-state index is 11.3. The number of piperidine rings is 1. The number of rotatable bonds is 3. The van der Waals surface area contributed by atoms with Gasteiger partial charge in [0.15, 0.2) is 0 Å². The Morgan fingerprint density at radius 1 is 0.846 bits per heavy atom. The second-order valence-corrected chi connectivity index (χ2v) is 7.59. The Hall–Kier alpha value is -2.19. The molecular weight excluding hydrogens is 318 g/mol. The van der Waals surface area contributed by atoms with Gasteiger partial charge in [0.25, 0.3) is 0 Å². The molecule has 1 aliphatic carbocycles. The molecule has 134 valence electrons. The molecule has 1 heterocycles. The molecule has 0 N–H and O–H groups in total. The molecule has 2 heteroatoms. The minimum absolute atomic E-state index is 0.292. The first-order valence-corrected chi connectivity index (χ1v) is 9.83. The van der Waals surface area contributed by atoms with E-state index in [1.54, 1.807) is 12.5 Å². The van der Waals surface area contributed by atoms with Gasteiger partial charge < -0.3 is 4.90 Å². The molecule has 0 aromatic heterocycles. The van der Waals surface area contributed by atoms with Crippen LogP contribution in [0.15, 0.2) is 54.1 Å². The van der Waals surface area contributed by atoms with Crippen LogP contribution in [-0.2, 0) is 17.6 Å². The summed E-state index contributed by atoms with van der Waals surface area (Å²) in [5, 5.41) is 0. The number of fused-ring (bicyclic) bond motifs is 2. The van der Waals surface area contributed by atoms with E-state index in [9.17, 15) is 4.79 Å². The molecule has 2 aromatic carbocycles. The lowest BCUT2D eigenvalue weighted by Gasteiger charge is -2.30. The van der Waals surface area contributed by atoms with Gasteiger partial charge in [0, 0.05) is 26.1 Å². The summed E-state index contributed by atoms with van der Waals surface area (Å²) in [6.07, 6.45) is 5.13. The summed E-state index contributed by atoms with van der Waals surface area (Å²) >= 11 is 0. The predicted molar refractivity (Wildman–Crippen MR) is 107 cm³/mol. The molecule has 0 spiro atoms. The van der Waals surface area contributed by atoms with Crippen molar-refractivity contribution >= 4 is 11.4 Å². The molecule has 4 rings (SSSR count). The number of hydrogen-bond donors (Lipinski definition) is 0. The van der Waals surface area contributed by atoms with Crippen LogP contribution < -0.4 is 0 Å². The van der Waals surface area contributed by atoms with Crippen LogP contribution in [0.4, 0.5) is 0 Å². The second kappa shape index (κ2) is 7.59. The first kappa shape index (κ1) is 17.2. The van der Waals surface area contributed by atoms with Crippen molar-refractivity contribution in [3.05, 3.63) is 76.4 Å². The lowest BCUT2D eigenvalue weighted by atomic mass is 9.86. The molecule has 0 saturated carbocycles. The molecule has 1 aliphatic heterocycles. The lowest BCUT2D eigenvalue weighted by molar-refractivity contribution is -0.117. The van der Waals surface area contributed by atoms with E-state index in [1.807, 2.05) is 0 Å². The Bertz CT molecular complexity index is 789. The molecule has 0 atom stereocenters. The van der Waals surface area contributed by atoms with E-state index in [0.717, 1.165) is 45.3 Å². The van der Waals surface area contributed by atoms with Crippen LogP contribution in [0.5, 0.6) is 0 Å². The van der Waals surface area contributed by atoms with Crippen LogP contribution in [-0.4, -0.2) is 30.3 Å². The highest BCUT2D eigenvalue weighted by molar-refractivity contribution is 5.86. The Labute approximate surface area is 156 Å². The van der Waals surface area contributed by atoms with E-state index in [1.165, 1.54) is 27.8 Å². The average molecular weight is 345 g/mol. The van der Waals surface area contributed by atoms with Gasteiger partial charge in [0.1, 0.15) is 5.78 Å². The molecule has 2 aliphatic rings. The van der Waals surface area contributed by atoms with Crippen molar-refractivity contribution in [3.8, 4) is 0 Å². The highest BCUT2D eigenvalue weighted by atomic mass is 16.1. The van der Waals surface area contributed by atoms with E-state index in [0.29, 0.717) is 12.2 Å². The topological polar surface area (TPSA) is 20.3 Å². The maximum atomic E-state index is 11.3. The molecule has 26 heavy (non-hydrogen) atoms. The number of carbonyl (C=O) groups is 1.